The third-order valence-corrected chi connectivity index (χ3v) is 5.35. The van der Waals surface area contributed by atoms with Gasteiger partial charge < -0.3 is 0 Å². The van der Waals surface area contributed by atoms with E-state index in [1.807, 2.05) is 12.1 Å². The fraction of sp³-hybridized carbons (Fsp3) is 0.375. The number of aryl methyl sites for hydroxylation is 2. The van der Waals surface area contributed by atoms with Crippen molar-refractivity contribution in [2.45, 2.75) is 53.0 Å². The summed E-state index contributed by atoms with van der Waals surface area (Å²) in [4.78, 5) is 4.73. The van der Waals surface area contributed by atoms with Crippen LogP contribution in [0.2, 0.25) is 0 Å². The molecule has 0 bridgehead atoms. The largest absolute Gasteiger partial charge is 0.245 e. The van der Waals surface area contributed by atoms with Gasteiger partial charge in [-0.25, -0.2) is 9.67 Å². The van der Waals surface area contributed by atoms with Crippen molar-refractivity contribution < 1.29 is 0 Å². The molecule has 0 amide bonds. The third kappa shape index (κ3) is 5.42. The van der Waals surface area contributed by atoms with Crippen LogP contribution in [0.4, 0.5) is 0 Å². The van der Waals surface area contributed by atoms with Crippen LogP contribution in [0.1, 0.15) is 55.5 Å². The third-order valence-electron chi connectivity index (χ3n) is 5.35. The van der Waals surface area contributed by atoms with Crippen LogP contribution in [-0.4, -0.2) is 35.4 Å². The molecule has 0 aliphatic rings. The fourth-order valence-electron chi connectivity index (χ4n) is 3.58. The second-order valence-electron chi connectivity index (χ2n) is 8.32. The zero-order valence-corrected chi connectivity index (χ0v) is 18.4. The maximum absolute atomic E-state index is 4.73. The van der Waals surface area contributed by atoms with E-state index in [-0.39, 0.29) is 0 Å². The number of nitrogens with one attached hydrogen (secondary N) is 1. The molecule has 1 N–H and O–H groups in total. The van der Waals surface area contributed by atoms with Crippen LogP contribution in [0.5, 0.6) is 0 Å². The fourth-order valence-corrected chi connectivity index (χ4v) is 3.58. The van der Waals surface area contributed by atoms with Crippen LogP contribution in [0.25, 0.3) is 11.4 Å². The Morgan fingerprint density at radius 3 is 2.52 bits per heavy atom. The minimum Gasteiger partial charge on any atom is -0.245 e. The number of aromatic amines is 1. The predicted octanol–water partition coefficient (Wildman–Crippen LogP) is 4.25. The van der Waals surface area contributed by atoms with Crippen LogP contribution in [0, 0.1) is 5.92 Å². The van der Waals surface area contributed by atoms with Crippen molar-refractivity contribution in [1.29, 1.82) is 0 Å². The van der Waals surface area contributed by atoms with Crippen LogP contribution in [0.15, 0.2) is 48.5 Å². The first kappa shape index (κ1) is 20.9. The van der Waals surface area contributed by atoms with Crippen LogP contribution in [0.3, 0.4) is 0 Å². The van der Waals surface area contributed by atoms with Crippen molar-refractivity contribution in [3.8, 4) is 11.4 Å². The van der Waals surface area contributed by atoms with Gasteiger partial charge in [0, 0.05) is 18.4 Å². The summed E-state index contributed by atoms with van der Waals surface area (Å²) < 4.78 is 2.07. The van der Waals surface area contributed by atoms with Gasteiger partial charge in [-0.1, -0.05) is 63.2 Å². The maximum Gasteiger partial charge on any atom is 0.204 e. The van der Waals surface area contributed by atoms with Gasteiger partial charge >= 0.3 is 0 Å². The number of benzene rings is 2. The van der Waals surface area contributed by atoms with E-state index in [4.69, 9.17) is 10.1 Å². The number of rotatable bonds is 9. The van der Waals surface area contributed by atoms with Gasteiger partial charge in [-0.2, -0.15) is 10.3 Å². The number of hydrogen-bond donors (Lipinski definition) is 1. The molecule has 0 aliphatic heterocycles. The molecule has 31 heavy (non-hydrogen) atoms. The molecule has 4 aromatic rings. The van der Waals surface area contributed by atoms with Gasteiger partial charge in [0.05, 0.1) is 6.54 Å². The lowest BCUT2D eigenvalue weighted by Crippen LogP contribution is -2.08. The van der Waals surface area contributed by atoms with Crippen molar-refractivity contribution in [3.05, 3.63) is 76.9 Å². The van der Waals surface area contributed by atoms with Crippen molar-refractivity contribution in [2.24, 2.45) is 5.92 Å². The van der Waals surface area contributed by atoms with Gasteiger partial charge in [0.2, 0.25) is 5.82 Å². The maximum atomic E-state index is 4.73. The molecule has 0 saturated heterocycles. The molecule has 160 valence electrons. The first-order chi connectivity index (χ1) is 15.1. The minimum absolute atomic E-state index is 0.616. The van der Waals surface area contributed by atoms with Gasteiger partial charge in [0.15, 0.2) is 5.82 Å². The Labute approximate surface area is 182 Å². The summed E-state index contributed by atoms with van der Waals surface area (Å²) in [6, 6.07) is 17.0. The zero-order chi connectivity index (χ0) is 21.6. The standard InChI is InChI=1S/C24H29N7/c1-4-22-25-23(13-8-17(2)3)31(28-22)16-19-11-9-18(10-12-19)14-20-6-5-7-21(15-20)24-26-29-30-27-24/h5-7,9-12,15,17H,4,8,13-14,16H2,1-3H3,(H,26,27,29,30). The van der Waals surface area contributed by atoms with Gasteiger partial charge in [0.25, 0.3) is 0 Å². The highest BCUT2D eigenvalue weighted by atomic mass is 15.5. The van der Waals surface area contributed by atoms with E-state index in [1.54, 1.807) is 0 Å². The number of hydrogen-bond acceptors (Lipinski definition) is 5. The molecule has 2 heterocycles. The summed E-state index contributed by atoms with van der Waals surface area (Å²) in [7, 11) is 0. The molecule has 0 spiro atoms. The second kappa shape index (κ2) is 9.64. The Hall–Kier alpha value is -3.35. The highest BCUT2D eigenvalue weighted by Gasteiger charge is 2.11. The van der Waals surface area contributed by atoms with Crippen molar-refractivity contribution in [1.82, 2.24) is 35.4 Å². The molecule has 0 unspecified atom stereocenters. The molecule has 0 saturated carbocycles. The predicted molar refractivity (Wildman–Crippen MR) is 121 cm³/mol. The number of aromatic nitrogens is 7. The van der Waals surface area contributed by atoms with Crippen molar-refractivity contribution >= 4 is 0 Å². The highest BCUT2D eigenvalue weighted by Crippen LogP contribution is 2.18. The molecule has 0 radical (unpaired) electrons. The lowest BCUT2D eigenvalue weighted by Gasteiger charge is -2.09. The van der Waals surface area contributed by atoms with E-state index in [0.29, 0.717) is 11.7 Å². The van der Waals surface area contributed by atoms with Crippen LogP contribution >= 0.6 is 0 Å². The molecule has 2 aromatic carbocycles. The monoisotopic (exact) mass is 415 g/mol. The Balaban J connectivity index is 1.44. The van der Waals surface area contributed by atoms with Gasteiger partial charge in [-0.05, 0) is 46.7 Å². The van der Waals surface area contributed by atoms with E-state index in [0.717, 1.165) is 49.4 Å². The van der Waals surface area contributed by atoms with E-state index in [9.17, 15) is 0 Å². The quantitative estimate of drug-likeness (QED) is 0.442. The first-order valence-electron chi connectivity index (χ1n) is 10.9. The van der Waals surface area contributed by atoms with Crippen molar-refractivity contribution in [2.75, 3.05) is 0 Å². The summed E-state index contributed by atoms with van der Waals surface area (Å²) >= 11 is 0. The lowest BCUT2D eigenvalue weighted by molar-refractivity contribution is 0.546. The molecular formula is C24H29N7. The van der Waals surface area contributed by atoms with Gasteiger partial charge in [0.1, 0.15) is 5.82 Å². The molecule has 7 nitrogen and oxygen atoms in total. The SMILES string of the molecule is CCc1nc(CCC(C)C)n(Cc2ccc(Cc3cccc(-c4nn[nH]n4)c3)cc2)n1. The van der Waals surface area contributed by atoms with Gasteiger partial charge in [-0.15, -0.1) is 10.2 Å². The Morgan fingerprint density at radius 1 is 1.00 bits per heavy atom. The smallest absolute Gasteiger partial charge is 0.204 e. The topological polar surface area (TPSA) is 85.2 Å². The Morgan fingerprint density at radius 2 is 1.81 bits per heavy atom. The molecule has 4 rings (SSSR count). The average Bonchev–Trinajstić information content (AvgIpc) is 3.44. The van der Waals surface area contributed by atoms with Crippen LogP contribution < -0.4 is 0 Å². The number of nitrogens with zero attached hydrogens (tertiary/aromatic N) is 6. The molecule has 0 fully saturated rings. The van der Waals surface area contributed by atoms with E-state index in [2.05, 4.69) is 82.5 Å². The summed E-state index contributed by atoms with van der Waals surface area (Å²) in [6.07, 6.45) is 3.82. The lowest BCUT2D eigenvalue weighted by atomic mass is 10.0. The Kier molecular flexibility index (Phi) is 6.50. The average molecular weight is 416 g/mol. The summed E-state index contributed by atoms with van der Waals surface area (Å²) in [5.41, 5.74) is 4.69. The molecule has 0 atom stereocenters. The first-order valence-corrected chi connectivity index (χ1v) is 10.9. The Bertz CT molecular complexity index is 1100. The molecule has 7 heteroatoms. The second-order valence-corrected chi connectivity index (χ2v) is 8.32. The van der Waals surface area contributed by atoms with Crippen LogP contribution in [-0.2, 0) is 25.8 Å². The highest BCUT2D eigenvalue weighted by molar-refractivity contribution is 5.55. The molecule has 0 aliphatic carbocycles. The summed E-state index contributed by atoms with van der Waals surface area (Å²) in [6.45, 7) is 7.36. The van der Waals surface area contributed by atoms with E-state index < -0.39 is 0 Å². The van der Waals surface area contributed by atoms with Gasteiger partial charge in [-0.3, -0.25) is 0 Å². The molecular weight excluding hydrogens is 386 g/mol. The number of tetrazole rings is 1. The number of H-pyrrole nitrogens is 1. The van der Waals surface area contributed by atoms with E-state index in [1.165, 1.54) is 16.7 Å². The van der Waals surface area contributed by atoms with Crippen molar-refractivity contribution in [3.63, 3.8) is 0 Å². The normalized spacial score (nSPS) is 11.4. The summed E-state index contributed by atoms with van der Waals surface area (Å²) in [5.74, 6) is 3.29. The summed E-state index contributed by atoms with van der Waals surface area (Å²) in [5, 5.41) is 19.0. The zero-order valence-electron chi connectivity index (χ0n) is 18.4. The molecule has 2 aromatic heterocycles. The minimum atomic E-state index is 0.616. The van der Waals surface area contributed by atoms with E-state index >= 15 is 0 Å².